The molecule has 0 saturated carbocycles. The minimum absolute atomic E-state index is 0.219. The Hall–Kier alpha value is -1.31. The van der Waals surface area contributed by atoms with Crippen molar-refractivity contribution in [3.63, 3.8) is 0 Å². The van der Waals surface area contributed by atoms with Crippen molar-refractivity contribution in [2.45, 2.75) is 6.61 Å². The zero-order valence-corrected chi connectivity index (χ0v) is 5.26. The maximum atomic E-state index is 10.8. The first-order chi connectivity index (χ1) is 4.88. The van der Waals surface area contributed by atoms with E-state index in [1.54, 1.807) is 18.2 Å². The van der Waals surface area contributed by atoms with Crippen LogP contribution in [0.4, 0.5) is 0 Å². The van der Waals surface area contributed by atoms with Crippen LogP contribution in [0.2, 0.25) is 0 Å². The van der Waals surface area contributed by atoms with Crippen LogP contribution >= 0.6 is 0 Å². The van der Waals surface area contributed by atoms with Crippen molar-refractivity contribution in [3.05, 3.63) is 35.4 Å². The molecule has 1 aliphatic rings. The number of hydrogen-bond acceptors (Lipinski definition) is 2. The van der Waals surface area contributed by atoms with E-state index < -0.39 is 0 Å². The maximum Gasteiger partial charge on any atom is 0.338 e. The summed E-state index contributed by atoms with van der Waals surface area (Å²) >= 11 is 0. The molecule has 1 aromatic carbocycles. The molecule has 0 atom stereocenters. The van der Waals surface area contributed by atoms with Gasteiger partial charge in [0.15, 0.2) is 0 Å². The highest BCUT2D eigenvalue weighted by Gasteiger charge is 2.18. The fourth-order valence-electron chi connectivity index (χ4n) is 1.00. The summed E-state index contributed by atoms with van der Waals surface area (Å²) in [5, 5.41) is 0. The van der Waals surface area contributed by atoms with Gasteiger partial charge in [-0.25, -0.2) is 4.79 Å². The van der Waals surface area contributed by atoms with Crippen LogP contribution in [0.3, 0.4) is 0 Å². The normalized spacial score (nSPS) is 14.6. The van der Waals surface area contributed by atoms with Gasteiger partial charge in [0.25, 0.3) is 0 Å². The van der Waals surface area contributed by atoms with Crippen LogP contribution in [0.25, 0.3) is 0 Å². The highest BCUT2D eigenvalue weighted by atomic mass is 16.5. The first-order valence-electron chi connectivity index (χ1n) is 3.04. The Morgan fingerprint density at radius 2 is 2.50 bits per heavy atom. The lowest BCUT2D eigenvalue weighted by atomic mass is 10.1. The highest BCUT2D eigenvalue weighted by Crippen LogP contribution is 2.17. The third kappa shape index (κ3) is 0.620. The number of benzene rings is 1. The van der Waals surface area contributed by atoms with E-state index in [-0.39, 0.29) is 5.97 Å². The van der Waals surface area contributed by atoms with Gasteiger partial charge in [-0.3, -0.25) is 0 Å². The Kier molecular flexibility index (Phi) is 1.01. The van der Waals surface area contributed by atoms with E-state index in [9.17, 15) is 4.79 Å². The van der Waals surface area contributed by atoms with Gasteiger partial charge >= 0.3 is 5.97 Å². The van der Waals surface area contributed by atoms with Crippen molar-refractivity contribution in [2.75, 3.05) is 0 Å². The molecule has 1 heterocycles. The lowest BCUT2D eigenvalue weighted by Gasteiger charge is -1.87. The summed E-state index contributed by atoms with van der Waals surface area (Å²) in [6.07, 6.45) is 0. The van der Waals surface area contributed by atoms with Gasteiger partial charge in [0.2, 0.25) is 0 Å². The van der Waals surface area contributed by atoms with Crippen molar-refractivity contribution in [1.29, 1.82) is 0 Å². The first-order valence-corrected chi connectivity index (χ1v) is 3.04. The maximum absolute atomic E-state index is 10.8. The van der Waals surface area contributed by atoms with Gasteiger partial charge < -0.3 is 4.74 Å². The molecule has 1 aromatic rings. The second kappa shape index (κ2) is 1.84. The molecule has 0 bridgehead atoms. The Bertz CT molecular complexity index is 278. The number of hydrogen-bond donors (Lipinski definition) is 0. The second-order valence-corrected chi connectivity index (χ2v) is 2.16. The summed E-state index contributed by atoms with van der Waals surface area (Å²) in [7, 11) is 0. The number of ether oxygens (including phenoxy) is 1. The van der Waals surface area contributed by atoms with Gasteiger partial charge in [-0.15, -0.1) is 0 Å². The van der Waals surface area contributed by atoms with Crippen LogP contribution in [0, 0.1) is 6.07 Å². The fraction of sp³-hybridized carbons (Fsp3) is 0.125. The SMILES string of the molecule is O=C1OCc2c[c]ccc21. The van der Waals surface area contributed by atoms with Crippen molar-refractivity contribution in [2.24, 2.45) is 0 Å². The molecule has 0 N–H and O–H groups in total. The van der Waals surface area contributed by atoms with Gasteiger partial charge in [0, 0.05) is 5.56 Å². The molecule has 0 amide bonds. The predicted molar refractivity (Wildman–Crippen MR) is 34.4 cm³/mol. The average molecular weight is 133 g/mol. The Morgan fingerprint density at radius 1 is 1.60 bits per heavy atom. The van der Waals surface area contributed by atoms with E-state index in [0.29, 0.717) is 12.2 Å². The number of fused-ring (bicyclic) bond motifs is 1. The van der Waals surface area contributed by atoms with Crippen molar-refractivity contribution >= 4 is 5.97 Å². The van der Waals surface area contributed by atoms with Crippen LogP contribution in [-0.2, 0) is 11.3 Å². The van der Waals surface area contributed by atoms with E-state index in [0.717, 1.165) is 5.56 Å². The summed E-state index contributed by atoms with van der Waals surface area (Å²) in [5.74, 6) is -0.219. The second-order valence-electron chi connectivity index (χ2n) is 2.16. The van der Waals surface area contributed by atoms with Crippen molar-refractivity contribution in [1.82, 2.24) is 0 Å². The Balaban J connectivity index is 2.61. The van der Waals surface area contributed by atoms with Crippen LogP contribution in [0.15, 0.2) is 18.2 Å². The van der Waals surface area contributed by atoms with Crippen LogP contribution in [-0.4, -0.2) is 5.97 Å². The molecule has 49 valence electrons. The van der Waals surface area contributed by atoms with Gasteiger partial charge in [-0.2, -0.15) is 0 Å². The quantitative estimate of drug-likeness (QED) is 0.496. The highest BCUT2D eigenvalue weighted by molar-refractivity contribution is 5.93. The molecular weight excluding hydrogens is 128 g/mol. The van der Waals surface area contributed by atoms with E-state index in [1.165, 1.54) is 0 Å². The molecule has 0 fully saturated rings. The topological polar surface area (TPSA) is 26.3 Å². The zero-order valence-electron chi connectivity index (χ0n) is 5.26. The zero-order chi connectivity index (χ0) is 6.97. The number of esters is 1. The van der Waals surface area contributed by atoms with Gasteiger partial charge in [-0.1, -0.05) is 6.07 Å². The summed E-state index contributed by atoms with van der Waals surface area (Å²) in [5.41, 5.74) is 1.62. The molecule has 0 saturated heterocycles. The molecule has 10 heavy (non-hydrogen) atoms. The molecule has 2 rings (SSSR count). The van der Waals surface area contributed by atoms with Crippen LogP contribution in [0.5, 0.6) is 0 Å². The van der Waals surface area contributed by atoms with E-state index in [4.69, 9.17) is 4.74 Å². The minimum atomic E-state index is -0.219. The lowest BCUT2D eigenvalue weighted by molar-refractivity contribution is 0.0535. The van der Waals surface area contributed by atoms with Gasteiger partial charge in [0.1, 0.15) is 6.61 Å². The predicted octanol–water partition coefficient (Wildman–Crippen LogP) is 1.16. The smallest absolute Gasteiger partial charge is 0.338 e. The van der Waals surface area contributed by atoms with E-state index in [2.05, 4.69) is 6.07 Å². The third-order valence-electron chi connectivity index (χ3n) is 1.53. The Morgan fingerprint density at radius 3 is 3.30 bits per heavy atom. The lowest BCUT2D eigenvalue weighted by Crippen LogP contribution is -1.92. The largest absolute Gasteiger partial charge is 0.457 e. The summed E-state index contributed by atoms with van der Waals surface area (Å²) in [4.78, 5) is 10.8. The molecule has 0 aliphatic carbocycles. The number of carbonyl (C=O) groups excluding carboxylic acids is 1. The molecule has 0 spiro atoms. The fourth-order valence-corrected chi connectivity index (χ4v) is 1.00. The molecule has 2 heteroatoms. The molecule has 0 unspecified atom stereocenters. The van der Waals surface area contributed by atoms with E-state index >= 15 is 0 Å². The summed E-state index contributed by atoms with van der Waals surface area (Å²) in [6.45, 7) is 0.408. The molecule has 1 radical (unpaired) electrons. The summed E-state index contributed by atoms with van der Waals surface area (Å²) < 4.78 is 4.76. The molecule has 2 nitrogen and oxygen atoms in total. The number of rotatable bonds is 0. The van der Waals surface area contributed by atoms with Crippen LogP contribution in [0.1, 0.15) is 15.9 Å². The van der Waals surface area contributed by atoms with Gasteiger partial charge in [-0.05, 0) is 18.2 Å². The van der Waals surface area contributed by atoms with Gasteiger partial charge in [0.05, 0.1) is 5.56 Å². The van der Waals surface area contributed by atoms with Crippen LogP contribution < -0.4 is 0 Å². The van der Waals surface area contributed by atoms with Crippen molar-refractivity contribution in [3.8, 4) is 0 Å². The Labute approximate surface area is 58.4 Å². The average Bonchev–Trinajstić information content (AvgIpc) is 2.34. The summed E-state index contributed by atoms with van der Waals surface area (Å²) in [6, 6.07) is 8.10. The standard InChI is InChI=1S/C8H5O2/c9-8-7-4-2-1-3-6(7)5-10-8/h2-4H,5H2. The molecule has 0 aromatic heterocycles. The number of carbonyl (C=O) groups is 1. The minimum Gasteiger partial charge on any atom is -0.457 e. The third-order valence-corrected chi connectivity index (χ3v) is 1.53. The van der Waals surface area contributed by atoms with Crippen molar-refractivity contribution < 1.29 is 9.53 Å². The first kappa shape index (κ1) is 5.47. The number of cyclic esters (lactones) is 1. The monoisotopic (exact) mass is 133 g/mol. The molecule has 1 aliphatic heterocycles. The van der Waals surface area contributed by atoms with E-state index in [1.807, 2.05) is 0 Å². The molecular formula is C8H5O2.